The summed E-state index contributed by atoms with van der Waals surface area (Å²) in [4.78, 5) is 12.7. The fraction of sp³-hybridized carbons (Fsp3) is 0.741. The predicted molar refractivity (Wildman–Crippen MR) is 129 cm³/mol. The second-order valence-electron chi connectivity index (χ2n) is 8.80. The molecule has 0 aliphatic heterocycles. The Balaban J connectivity index is 2.01. The molecule has 0 radical (unpaired) electrons. The van der Waals surface area contributed by atoms with Crippen LogP contribution in [0.15, 0.2) is 12.1 Å². The molecule has 0 unspecified atom stereocenters. The van der Waals surface area contributed by atoms with E-state index < -0.39 is 0 Å². The molecule has 1 nitrogen and oxygen atoms in total. The van der Waals surface area contributed by atoms with Crippen LogP contribution in [0.2, 0.25) is 0 Å². The van der Waals surface area contributed by atoms with Crippen molar-refractivity contribution in [1.29, 1.82) is 0 Å². The lowest BCUT2D eigenvalue weighted by molar-refractivity contribution is 0.0977. The molecule has 0 spiro atoms. The average molecular weight is 421 g/mol. The van der Waals surface area contributed by atoms with E-state index in [4.69, 9.17) is 11.6 Å². The normalized spacial score (nSPS) is 11.2. The molecule has 1 aromatic carbocycles. The Kier molecular flexibility index (Phi) is 15.3. The van der Waals surface area contributed by atoms with Crippen LogP contribution >= 0.6 is 11.6 Å². The summed E-state index contributed by atoms with van der Waals surface area (Å²) in [5, 5.41) is 0. The highest BCUT2D eigenvalue weighted by atomic mass is 35.5. The van der Waals surface area contributed by atoms with Crippen LogP contribution in [0.25, 0.3) is 0 Å². The van der Waals surface area contributed by atoms with Crippen LogP contribution in [0.3, 0.4) is 0 Å². The minimum atomic E-state index is 0.275. The molecule has 0 N–H and O–H groups in total. The molecule has 2 heteroatoms. The minimum absolute atomic E-state index is 0.275. The molecule has 0 saturated carbocycles. The fourth-order valence-corrected chi connectivity index (χ4v) is 4.38. The molecular weight excluding hydrogens is 376 g/mol. The van der Waals surface area contributed by atoms with Gasteiger partial charge in [0.15, 0.2) is 5.78 Å². The summed E-state index contributed by atoms with van der Waals surface area (Å²) in [5.74, 6) is 0.692. The van der Waals surface area contributed by atoms with E-state index in [0.29, 0.717) is 12.3 Å². The zero-order chi connectivity index (χ0) is 21.3. The van der Waals surface area contributed by atoms with Gasteiger partial charge in [0.1, 0.15) is 0 Å². The Morgan fingerprint density at radius 3 is 1.62 bits per heavy atom. The smallest absolute Gasteiger partial charge is 0.163 e. The van der Waals surface area contributed by atoms with Gasteiger partial charge < -0.3 is 0 Å². The zero-order valence-electron chi connectivity index (χ0n) is 19.5. The first-order valence-corrected chi connectivity index (χ1v) is 12.8. The Morgan fingerprint density at radius 1 is 0.724 bits per heavy atom. The lowest BCUT2D eigenvalue weighted by atomic mass is 9.93. The van der Waals surface area contributed by atoms with Crippen molar-refractivity contribution in [2.45, 2.75) is 129 Å². The van der Waals surface area contributed by atoms with Crippen LogP contribution in [0.1, 0.15) is 137 Å². The lowest BCUT2D eigenvalue weighted by Crippen LogP contribution is -2.07. The van der Waals surface area contributed by atoms with Gasteiger partial charge in [-0.2, -0.15) is 0 Å². The van der Waals surface area contributed by atoms with Gasteiger partial charge in [0, 0.05) is 17.9 Å². The number of ketones is 1. The van der Waals surface area contributed by atoms with Crippen molar-refractivity contribution >= 4 is 17.4 Å². The Bertz CT molecular complexity index is 564. The zero-order valence-corrected chi connectivity index (χ0v) is 20.2. The summed E-state index contributed by atoms with van der Waals surface area (Å²) in [6.07, 6.45) is 20.9. The Hall–Kier alpha value is -0.820. The van der Waals surface area contributed by atoms with Crippen molar-refractivity contribution in [3.8, 4) is 0 Å². The van der Waals surface area contributed by atoms with Crippen LogP contribution in [0, 0.1) is 13.8 Å². The van der Waals surface area contributed by atoms with Crippen LogP contribution < -0.4 is 0 Å². The number of unbranched alkanes of at least 4 members (excludes halogenated alkanes) is 14. The van der Waals surface area contributed by atoms with E-state index in [2.05, 4.69) is 19.9 Å². The minimum Gasteiger partial charge on any atom is -0.294 e. The maximum atomic E-state index is 12.7. The van der Waals surface area contributed by atoms with Gasteiger partial charge in [-0.3, -0.25) is 4.79 Å². The SMILES string of the molecule is CCCCCCCCCCCCCCCCCC(=O)c1c(CCl)ccc(C)c1C. The van der Waals surface area contributed by atoms with E-state index in [1.165, 1.54) is 95.5 Å². The Morgan fingerprint density at radius 2 is 1.17 bits per heavy atom. The number of halogens is 1. The number of rotatable bonds is 18. The third-order valence-electron chi connectivity index (χ3n) is 6.25. The van der Waals surface area contributed by atoms with E-state index in [9.17, 15) is 4.79 Å². The predicted octanol–water partition coefficient (Wildman–Crippen LogP) is 9.49. The van der Waals surface area contributed by atoms with Crippen LogP contribution in [-0.4, -0.2) is 5.78 Å². The molecule has 0 bridgehead atoms. The number of hydrogen-bond acceptors (Lipinski definition) is 1. The molecule has 1 aromatic rings. The quantitative estimate of drug-likeness (QED) is 0.131. The molecule has 0 atom stereocenters. The first kappa shape index (κ1) is 26.2. The molecule has 0 aliphatic carbocycles. The number of carbonyl (C=O) groups excluding carboxylic acids is 1. The highest BCUT2D eigenvalue weighted by molar-refractivity contribution is 6.18. The maximum absolute atomic E-state index is 12.7. The average Bonchev–Trinajstić information content (AvgIpc) is 2.72. The second kappa shape index (κ2) is 16.9. The van der Waals surface area contributed by atoms with Gasteiger partial charge >= 0.3 is 0 Å². The summed E-state index contributed by atoms with van der Waals surface area (Å²) in [5.41, 5.74) is 4.15. The van der Waals surface area contributed by atoms with Gasteiger partial charge in [-0.05, 0) is 37.0 Å². The van der Waals surface area contributed by atoms with Crippen LogP contribution in [0.4, 0.5) is 0 Å². The highest BCUT2D eigenvalue weighted by Gasteiger charge is 2.14. The van der Waals surface area contributed by atoms with Gasteiger partial charge in [-0.15, -0.1) is 11.6 Å². The third kappa shape index (κ3) is 11.2. The van der Waals surface area contributed by atoms with E-state index in [-0.39, 0.29) is 5.78 Å². The maximum Gasteiger partial charge on any atom is 0.163 e. The second-order valence-corrected chi connectivity index (χ2v) is 9.07. The first-order valence-electron chi connectivity index (χ1n) is 12.3. The highest BCUT2D eigenvalue weighted by Crippen LogP contribution is 2.23. The number of hydrogen-bond donors (Lipinski definition) is 0. The summed E-state index contributed by atoms with van der Waals surface area (Å²) in [6.45, 7) is 6.40. The summed E-state index contributed by atoms with van der Waals surface area (Å²) < 4.78 is 0. The van der Waals surface area contributed by atoms with Gasteiger partial charge in [-0.25, -0.2) is 0 Å². The summed E-state index contributed by atoms with van der Waals surface area (Å²) >= 11 is 6.05. The number of aryl methyl sites for hydroxylation is 1. The van der Waals surface area contributed by atoms with Crippen molar-refractivity contribution in [2.24, 2.45) is 0 Å². The first-order chi connectivity index (χ1) is 14.1. The molecule has 0 heterocycles. The number of alkyl halides is 1. The molecule has 166 valence electrons. The monoisotopic (exact) mass is 420 g/mol. The molecular formula is C27H45ClO. The molecule has 0 saturated heterocycles. The van der Waals surface area contributed by atoms with Crippen molar-refractivity contribution in [2.75, 3.05) is 0 Å². The van der Waals surface area contributed by atoms with Crippen LogP contribution in [0.5, 0.6) is 0 Å². The van der Waals surface area contributed by atoms with E-state index >= 15 is 0 Å². The van der Waals surface area contributed by atoms with Gasteiger partial charge in [0.2, 0.25) is 0 Å². The largest absolute Gasteiger partial charge is 0.294 e. The van der Waals surface area contributed by atoms with Crippen molar-refractivity contribution < 1.29 is 4.79 Å². The standard InChI is InChI=1S/C27H45ClO/c1-4-5-6-7-8-9-10-11-12-13-14-15-16-17-18-19-26(29)27-24(3)23(2)20-21-25(27)22-28/h20-21H,4-19,22H2,1-3H3. The molecule has 0 amide bonds. The van der Waals surface area contributed by atoms with E-state index in [1.54, 1.807) is 0 Å². The van der Waals surface area contributed by atoms with E-state index in [1.807, 2.05) is 13.0 Å². The summed E-state index contributed by atoms with van der Waals surface area (Å²) in [7, 11) is 0. The van der Waals surface area contributed by atoms with Crippen LogP contribution in [-0.2, 0) is 5.88 Å². The molecule has 0 aliphatic rings. The van der Waals surface area contributed by atoms with Gasteiger partial charge in [-0.1, -0.05) is 109 Å². The van der Waals surface area contributed by atoms with E-state index in [0.717, 1.165) is 23.1 Å². The van der Waals surface area contributed by atoms with Crippen molar-refractivity contribution in [3.63, 3.8) is 0 Å². The lowest BCUT2D eigenvalue weighted by Gasteiger charge is -2.12. The third-order valence-corrected chi connectivity index (χ3v) is 6.54. The van der Waals surface area contributed by atoms with Crippen molar-refractivity contribution in [3.05, 3.63) is 34.4 Å². The fourth-order valence-electron chi connectivity index (χ4n) is 4.15. The molecule has 0 aromatic heterocycles. The number of benzene rings is 1. The van der Waals surface area contributed by atoms with Crippen molar-refractivity contribution in [1.82, 2.24) is 0 Å². The Labute approximate surface area is 186 Å². The van der Waals surface area contributed by atoms with Gasteiger partial charge in [0.25, 0.3) is 0 Å². The molecule has 0 fully saturated rings. The summed E-state index contributed by atoms with van der Waals surface area (Å²) in [6, 6.07) is 4.08. The molecule has 29 heavy (non-hydrogen) atoms. The topological polar surface area (TPSA) is 17.1 Å². The number of carbonyl (C=O) groups is 1. The number of Topliss-reactive ketones (excluding diaryl/α,β-unsaturated/α-hetero) is 1. The van der Waals surface area contributed by atoms with Gasteiger partial charge in [0.05, 0.1) is 0 Å². The molecule has 1 rings (SSSR count).